The van der Waals surface area contributed by atoms with Crippen molar-refractivity contribution in [2.75, 3.05) is 6.54 Å². The normalized spacial score (nSPS) is 19.2. The molecule has 1 unspecified atom stereocenters. The van der Waals surface area contributed by atoms with E-state index in [4.69, 9.17) is 11.6 Å². The minimum Gasteiger partial charge on any atom is -0.207 e. The van der Waals surface area contributed by atoms with Crippen molar-refractivity contribution in [2.45, 2.75) is 23.8 Å². The number of hydrogen-bond acceptors (Lipinski definition) is 2. The molecule has 3 nitrogen and oxygen atoms in total. The van der Waals surface area contributed by atoms with Crippen molar-refractivity contribution in [1.29, 1.82) is 0 Å². The molecule has 0 N–H and O–H groups in total. The Balaban J connectivity index is 1.99. The third kappa shape index (κ3) is 3.11. The molecule has 1 atom stereocenters. The van der Waals surface area contributed by atoms with Gasteiger partial charge in [-0.05, 0) is 48.7 Å². The summed E-state index contributed by atoms with van der Waals surface area (Å²) < 4.78 is 53.3. The van der Waals surface area contributed by atoms with Crippen molar-refractivity contribution in [3.63, 3.8) is 0 Å². The van der Waals surface area contributed by atoms with E-state index < -0.39 is 15.8 Å². The lowest BCUT2D eigenvalue weighted by molar-refractivity contribution is 0.396. The largest absolute Gasteiger partial charge is 0.245 e. The Morgan fingerprint density at radius 1 is 1.04 bits per heavy atom. The van der Waals surface area contributed by atoms with Crippen molar-refractivity contribution >= 4 is 21.6 Å². The summed E-state index contributed by atoms with van der Waals surface area (Å²) in [4.78, 5) is -0.116. The van der Waals surface area contributed by atoms with Crippen LogP contribution in [0.15, 0.2) is 47.4 Å². The van der Waals surface area contributed by atoms with Gasteiger partial charge < -0.3 is 0 Å². The fourth-order valence-corrected chi connectivity index (χ4v) is 5.05. The number of sulfonamides is 1. The van der Waals surface area contributed by atoms with E-state index in [9.17, 15) is 17.2 Å². The quantitative estimate of drug-likeness (QED) is 0.827. The van der Waals surface area contributed by atoms with Crippen molar-refractivity contribution in [2.24, 2.45) is 0 Å². The minimum absolute atomic E-state index is 0.116. The standard InChI is InChI=1S/C16H14ClF2NO2S/c17-14-10-13(19)7-8-16(14)23(21,22)20-9-1-2-15(20)11-3-5-12(18)6-4-11/h3-8,10,15H,1-2,9H2. The molecule has 2 aromatic carbocycles. The average Bonchev–Trinajstić information content (AvgIpc) is 2.98. The average molecular weight is 358 g/mol. The van der Waals surface area contributed by atoms with E-state index in [1.54, 1.807) is 12.1 Å². The van der Waals surface area contributed by atoms with Crippen LogP contribution >= 0.6 is 11.6 Å². The van der Waals surface area contributed by atoms with Gasteiger partial charge >= 0.3 is 0 Å². The predicted octanol–water partition coefficient (Wildman–Crippen LogP) is 4.14. The van der Waals surface area contributed by atoms with Crippen LogP contribution in [0.25, 0.3) is 0 Å². The second-order valence-electron chi connectivity index (χ2n) is 5.40. The van der Waals surface area contributed by atoms with Crippen molar-refractivity contribution in [3.05, 3.63) is 64.7 Å². The van der Waals surface area contributed by atoms with E-state index >= 15 is 0 Å². The fraction of sp³-hybridized carbons (Fsp3) is 0.250. The summed E-state index contributed by atoms with van der Waals surface area (Å²) in [5.74, 6) is -0.965. The van der Waals surface area contributed by atoms with Crippen LogP contribution in [0.1, 0.15) is 24.4 Å². The number of halogens is 3. The molecule has 0 amide bonds. The first-order valence-corrected chi connectivity index (χ1v) is 8.94. The molecule has 0 aliphatic carbocycles. The highest BCUT2D eigenvalue weighted by Gasteiger charge is 2.37. The van der Waals surface area contributed by atoms with Gasteiger partial charge in [0.25, 0.3) is 0 Å². The summed E-state index contributed by atoms with van der Waals surface area (Å²) in [5.41, 5.74) is 0.728. The number of hydrogen-bond donors (Lipinski definition) is 0. The maximum absolute atomic E-state index is 13.2. The van der Waals surface area contributed by atoms with Gasteiger partial charge in [0.2, 0.25) is 10.0 Å². The molecule has 1 saturated heterocycles. The Morgan fingerprint density at radius 2 is 1.70 bits per heavy atom. The van der Waals surface area contributed by atoms with E-state index in [1.807, 2.05) is 0 Å². The van der Waals surface area contributed by atoms with Crippen LogP contribution in [0.4, 0.5) is 8.78 Å². The Hall–Kier alpha value is -1.50. The molecule has 0 saturated carbocycles. The monoisotopic (exact) mass is 357 g/mol. The molecule has 0 spiro atoms. The molecule has 23 heavy (non-hydrogen) atoms. The second kappa shape index (κ2) is 6.19. The molecule has 0 bridgehead atoms. The van der Waals surface area contributed by atoms with Crippen LogP contribution in [-0.4, -0.2) is 19.3 Å². The third-order valence-corrected chi connectivity index (χ3v) is 6.33. The number of benzene rings is 2. The van der Waals surface area contributed by atoms with Gasteiger partial charge in [-0.15, -0.1) is 0 Å². The van der Waals surface area contributed by atoms with E-state index in [2.05, 4.69) is 0 Å². The van der Waals surface area contributed by atoms with E-state index in [0.717, 1.165) is 17.7 Å². The molecule has 0 aromatic heterocycles. The van der Waals surface area contributed by atoms with Gasteiger partial charge in [-0.1, -0.05) is 23.7 Å². The van der Waals surface area contributed by atoms with Crippen LogP contribution in [-0.2, 0) is 10.0 Å². The van der Waals surface area contributed by atoms with Gasteiger partial charge in [-0.25, -0.2) is 17.2 Å². The smallest absolute Gasteiger partial charge is 0.207 e. The van der Waals surface area contributed by atoms with Gasteiger partial charge in [0, 0.05) is 6.54 Å². The third-order valence-electron chi connectivity index (χ3n) is 3.94. The van der Waals surface area contributed by atoms with Gasteiger partial charge in [0.05, 0.1) is 11.1 Å². The first-order chi connectivity index (χ1) is 10.9. The first kappa shape index (κ1) is 16.4. The van der Waals surface area contributed by atoms with E-state index in [0.29, 0.717) is 19.4 Å². The SMILES string of the molecule is O=S(=O)(c1ccc(F)cc1Cl)N1CCCC1c1ccc(F)cc1. The summed E-state index contributed by atoms with van der Waals surface area (Å²) in [6.07, 6.45) is 1.34. The Morgan fingerprint density at radius 3 is 2.35 bits per heavy atom. The van der Waals surface area contributed by atoms with Crippen LogP contribution in [0.3, 0.4) is 0 Å². The highest BCUT2D eigenvalue weighted by Crippen LogP contribution is 2.38. The minimum atomic E-state index is -3.85. The first-order valence-electron chi connectivity index (χ1n) is 7.12. The lowest BCUT2D eigenvalue weighted by atomic mass is 10.1. The summed E-state index contributed by atoms with van der Waals surface area (Å²) in [6.45, 7) is 0.345. The maximum Gasteiger partial charge on any atom is 0.245 e. The van der Waals surface area contributed by atoms with Gasteiger partial charge in [0.15, 0.2) is 0 Å². The summed E-state index contributed by atoms with van der Waals surface area (Å²) >= 11 is 5.91. The molecule has 1 fully saturated rings. The van der Waals surface area contributed by atoms with Crippen molar-refractivity contribution < 1.29 is 17.2 Å². The molecule has 1 aliphatic rings. The molecular weight excluding hydrogens is 344 g/mol. The van der Waals surface area contributed by atoms with Crippen LogP contribution in [0, 0.1) is 11.6 Å². The molecule has 2 aromatic rings. The van der Waals surface area contributed by atoms with Gasteiger partial charge in [0.1, 0.15) is 16.5 Å². The Bertz CT molecular complexity index is 824. The van der Waals surface area contributed by atoms with Crippen LogP contribution in [0.2, 0.25) is 5.02 Å². The zero-order valence-corrected chi connectivity index (χ0v) is 13.6. The molecule has 1 heterocycles. The van der Waals surface area contributed by atoms with E-state index in [-0.39, 0.29) is 21.8 Å². The van der Waals surface area contributed by atoms with Gasteiger partial charge in [-0.3, -0.25) is 0 Å². The molecule has 1 aliphatic heterocycles. The lowest BCUT2D eigenvalue weighted by Crippen LogP contribution is -2.31. The van der Waals surface area contributed by atoms with E-state index in [1.165, 1.54) is 22.5 Å². The fourth-order valence-electron chi connectivity index (χ4n) is 2.86. The highest BCUT2D eigenvalue weighted by atomic mass is 35.5. The van der Waals surface area contributed by atoms with Crippen molar-refractivity contribution in [3.8, 4) is 0 Å². The van der Waals surface area contributed by atoms with Gasteiger partial charge in [-0.2, -0.15) is 4.31 Å². The molecule has 122 valence electrons. The molecule has 3 rings (SSSR count). The molecular formula is C16H14ClF2NO2S. The topological polar surface area (TPSA) is 37.4 Å². The zero-order valence-electron chi connectivity index (χ0n) is 12.0. The second-order valence-corrected chi connectivity index (χ2v) is 7.67. The summed E-state index contributed by atoms with van der Waals surface area (Å²) in [7, 11) is -3.85. The maximum atomic E-state index is 13.2. The van der Waals surface area contributed by atoms with Crippen LogP contribution in [0.5, 0.6) is 0 Å². The number of rotatable bonds is 3. The Labute approximate surface area is 138 Å². The zero-order chi connectivity index (χ0) is 16.6. The molecule has 7 heteroatoms. The van der Waals surface area contributed by atoms with Crippen LogP contribution < -0.4 is 0 Å². The summed E-state index contributed by atoms with van der Waals surface area (Å²) in [6, 6.07) is 8.64. The Kier molecular flexibility index (Phi) is 4.40. The number of nitrogens with zero attached hydrogens (tertiary/aromatic N) is 1. The predicted molar refractivity (Wildman–Crippen MR) is 83.7 cm³/mol. The summed E-state index contributed by atoms with van der Waals surface area (Å²) in [5, 5.41) is -0.144. The van der Waals surface area contributed by atoms with Crippen molar-refractivity contribution in [1.82, 2.24) is 4.31 Å². The highest BCUT2D eigenvalue weighted by molar-refractivity contribution is 7.89. The lowest BCUT2D eigenvalue weighted by Gasteiger charge is -2.25. The molecule has 0 radical (unpaired) electrons.